The highest BCUT2D eigenvalue weighted by Gasteiger charge is 2.19. The second-order valence-corrected chi connectivity index (χ2v) is 7.34. The number of ether oxygens (including phenoxy) is 1. The number of hydrogen-bond donors (Lipinski definition) is 2. The van der Waals surface area contributed by atoms with Crippen molar-refractivity contribution in [3.63, 3.8) is 0 Å². The minimum Gasteiger partial charge on any atom is -0.489 e. The van der Waals surface area contributed by atoms with Crippen LogP contribution in [0.3, 0.4) is 0 Å². The normalized spacial score (nSPS) is 10.5. The highest BCUT2D eigenvalue weighted by molar-refractivity contribution is 6.30. The first-order valence-electron chi connectivity index (χ1n) is 10.1. The van der Waals surface area contributed by atoms with Gasteiger partial charge in [0.05, 0.1) is 5.69 Å². The van der Waals surface area contributed by atoms with Crippen molar-refractivity contribution in [2.24, 2.45) is 0 Å². The van der Waals surface area contributed by atoms with Gasteiger partial charge in [-0.15, -0.1) is 0 Å². The van der Waals surface area contributed by atoms with Crippen LogP contribution in [-0.2, 0) is 13.2 Å². The second kappa shape index (κ2) is 10.6. The molecule has 1 heterocycles. The summed E-state index contributed by atoms with van der Waals surface area (Å²) in [6.45, 7) is 5.30. The molecule has 1 aromatic heterocycles. The van der Waals surface area contributed by atoms with Crippen molar-refractivity contribution in [2.45, 2.75) is 33.4 Å². The Labute approximate surface area is 186 Å². The van der Waals surface area contributed by atoms with Gasteiger partial charge in [-0.2, -0.15) is 5.10 Å². The number of benzene rings is 2. The predicted octanol–water partition coefficient (Wildman–Crippen LogP) is 4.53. The van der Waals surface area contributed by atoms with Crippen LogP contribution in [0, 0.1) is 0 Å². The van der Waals surface area contributed by atoms with Gasteiger partial charge >= 0.3 is 0 Å². The molecule has 31 heavy (non-hydrogen) atoms. The van der Waals surface area contributed by atoms with E-state index in [1.165, 1.54) is 0 Å². The molecule has 8 heteroatoms. The number of carbonyl (C=O) groups excluding carboxylic acids is 2. The van der Waals surface area contributed by atoms with E-state index in [1.54, 1.807) is 41.2 Å². The summed E-state index contributed by atoms with van der Waals surface area (Å²) in [5.41, 5.74) is 1.86. The monoisotopic (exact) mass is 440 g/mol. The van der Waals surface area contributed by atoms with E-state index in [0.717, 1.165) is 12.0 Å². The number of hydrogen-bond acceptors (Lipinski definition) is 4. The smallest absolute Gasteiger partial charge is 0.273 e. The summed E-state index contributed by atoms with van der Waals surface area (Å²) in [4.78, 5) is 25.2. The molecule has 0 aliphatic carbocycles. The number of aryl methyl sites for hydroxylation is 1. The van der Waals surface area contributed by atoms with E-state index in [0.29, 0.717) is 41.7 Å². The molecular weight excluding hydrogens is 416 g/mol. The molecule has 0 saturated heterocycles. The maximum absolute atomic E-state index is 12.8. The lowest BCUT2D eigenvalue weighted by atomic mass is 10.1. The summed E-state index contributed by atoms with van der Waals surface area (Å²) in [5, 5.41) is 10.5. The fourth-order valence-electron chi connectivity index (χ4n) is 2.89. The number of aromatic nitrogens is 2. The average Bonchev–Trinajstić information content (AvgIpc) is 3.19. The van der Waals surface area contributed by atoms with Gasteiger partial charge in [-0.05, 0) is 49.2 Å². The van der Waals surface area contributed by atoms with Gasteiger partial charge in [-0.1, -0.05) is 36.7 Å². The lowest BCUT2D eigenvalue weighted by Gasteiger charge is -2.09. The molecule has 3 aromatic rings. The molecule has 0 aliphatic heterocycles. The lowest BCUT2D eigenvalue weighted by molar-refractivity contribution is 0.0948. The molecule has 0 unspecified atom stereocenters. The third-order valence-corrected chi connectivity index (χ3v) is 4.71. The van der Waals surface area contributed by atoms with Gasteiger partial charge in [0.25, 0.3) is 11.8 Å². The minimum absolute atomic E-state index is 0.198. The maximum Gasteiger partial charge on any atom is 0.273 e. The van der Waals surface area contributed by atoms with E-state index < -0.39 is 0 Å². The molecule has 0 spiro atoms. The summed E-state index contributed by atoms with van der Waals surface area (Å²) in [6, 6.07) is 14.3. The number of rotatable bonds is 9. The van der Waals surface area contributed by atoms with Gasteiger partial charge in [-0.25, -0.2) is 0 Å². The largest absolute Gasteiger partial charge is 0.489 e. The van der Waals surface area contributed by atoms with E-state index >= 15 is 0 Å². The fourth-order valence-corrected chi connectivity index (χ4v) is 3.07. The van der Waals surface area contributed by atoms with Crippen LogP contribution in [0.2, 0.25) is 5.02 Å². The quantitative estimate of drug-likeness (QED) is 0.512. The Balaban J connectivity index is 1.71. The summed E-state index contributed by atoms with van der Waals surface area (Å²) in [6.07, 6.45) is 2.47. The van der Waals surface area contributed by atoms with Crippen LogP contribution >= 0.6 is 11.6 Å². The Morgan fingerprint density at radius 3 is 2.65 bits per heavy atom. The molecule has 0 atom stereocenters. The van der Waals surface area contributed by atoms with Gasteiger partial charge < -0.3 is 15.4 Å². The van der Waals surface area contributed by atoms with Crippen molar-refractivity contribution in [3.05, 3.63) is 76.6 Å². The number of nitrogens with one attached hydrogen (secondary N) is 2. The molecule has 3 rings (SSSR count). The molecule has 0 fully saturated rings. The molecule has 0 bridgehead atoms. The average molecular weight is 441 g/mol. The molecule has 0 radical (unpaired) electrons. The van der Waals surface area contributed by atoms with Crippen LogP contribution in [-0.4, -0.2) is 28.1 Å². The molecule has 0 saturated carbocycles. The van der Waals surface area contributed by atoms with Crippen molar-refractivity contribution in [1.29, 1.82) is 0 Å². The summed E-state index contributed by atoms with van der Waals surface area (Å²) < 4.78 is 7.37. The van der Waals surface area contributed by atoms with Crippen LogP contribution in [0.15, 0.2) is 54.7 Å². The first kappa shape index (κ1) is 22.4. The number of halogens is 1. The third-order valence-electron chi connectivity index (χ3n) is 4.48. The van der Waals surface area contributed by atoms with Crippen molar-refractivity contribution in [1.82, 2.24) is 15.1 Å². The molecule has 2 amide bonds. The SMILES string of the molecule is CCCNC(=O)c1nn(CC)cc1NC(=O)c1cccc(COc2cccc(Cl)c2)c1. The number of nitrogens with zero attached hydrogens (tertiary/aromatic N) is 2. The van der Waals surface area contributed by atoms with Crippen LogP contribution in [0.25, 0.3) is 0 Å². The fraction of sp³-hybridized carbons (Fsp3) is 0.261. The van der Waals surface area contributed by atoms with Gasteiger partial charge in [0.2, 0.25) is 0 Å². The Bertz CT molecular complexity index is 1060. The third kappa shape index (κ3) is 6.08. The zero-order valence-corrected chi connectivity index (χ0v) is 18.3. The molecule has 2 N–H and O–H groups in total. The Kier molecular flexibility index (Phi) is 7.67. The van der Waals surface area contributed by atoms with Crippen LogP contribution in [0.5, 0.6) is 5.75 Å². The Morgan fingerprint density at radius 2 is 1.90 bits per heavy atom. The van der Waals surface area contributed by atoms with Gasteiger partial charge in [0.15, 0.2) is 5.69 Å². The standard InChI is InChI=1S/C23H25ClN4O3/c1-3-11-25-23(30)21-20(14-28(4-2)27-21)26-22(29)17-8-5-7-16(12-17)15-31-19-10-6-9-18(24)13-19/h5-10,12-14H,3-4,11,15H2,1-2H3,(H,25,30)(H,26,29). The van der Waals surface area contributed by atoms with Crippen LogP contribution in [0.1, 0.15) is 46.7 Å². The van der Waals surface area contributed by atoms with E-state index in [1.807, 2.05) is 32.0 Å². The van der Waals surface area contributed by atoms with Gasteiger partial charge in [0, 0.05) is 29.9 Å². The maximum atomic E-state index is 12.8. The van der Waals surface area contributed by atoms with E-state index in [9.17, 15) is 9.59 Å². The highest BCUT2D eigenvalue weighted by atomic mass is 35.5. The number of carbonyl (C=O) groups is 2. The number of anilines is 1. The first-order valence-corrected chi connectivity index (χ1v) is 10.5. The Morgan fingerprint density at radius 1 is 1.10 bits per heavy atom. The lowest BCUT2D eigenvalue weighted by Crippen LogP contribution is -2.26. The molecule has 162 valence electrons. The second-order valence-electron chi connectivity index (χ2n) is 6.90. The van der Waals surface area contributed by atoms with Crippen molar-refractivity contribution < 1.29 is 14.3 Å². The molecule has 2 aromatic carbocycles. The van der Waals surface area contributed by atoms with Gasteiger partial charge in [0.1, 0.15) is 12.4 Å². The van der Waals surface area contributed by atoms with Crippen LogP contribution < -0.4 is 15.4 Å². The van der Waals surface area contributed by atoms with E-state index in [2.05, 4.69) is 15.7 Å². The Hall–Kier alpha value is -3.32. The van der Waals surface area contributed by atoms with Gasteiger partial charge in [-0.3, -0.25) is 14.3 Å². The molecule has 0 aliphatic rings. The predicted molar refractivity (Wildman–Crippen MR) is 121 cm³/mol. The molecular formula is C23H25ClN4O3. The van der Waals surface area contributed by atoms with Crippen LogP contribution in [0.4, 0.5) is 5.69 Å². The summed E-state index contributed by atoms with van der Waals surface area (Å²) in [7, 11) is 0. The summed E-state index contributed by atoms with van der Waals surface area (Å²) in [5.74, 6) is 0.00916. The first-order chi connectivity index (χ1) is 15.0. The van der Waals surface area contributed by atoms with Crippen molar-refractivity contribution in [2.75, 3.05) is 11.9 Å². The topological polar surface area (TPSA) is 85.3 Å². The highest BCUT2D eigenvalue weighted by Crippen LogP contribution is 2.19. The van der Waals surface area contributed by atoms with E-state index in [-0.39, 0.29) is 17.5 Å². The number of amides is 2. The zero-order valence-electron chi connectivity index (χ0n) is 17.5. The molecule has 7 nitrogen and oxygen atoms in total. The van der Waals surface area contributed by atoms with E-state index in [4.69, 9.17) is 16.3 Å². The van der Waals surface area contributed by atoms with Crippen molar-refractivity contribution >= 4 is 29.1 Å². The minimum atomic E-state index is -0.329. The van der Waals surface area contributed by atoms with Crippen molar-refractivity contribution in [3.8, 4) is 5.75 Å². The zero-order chi connectivity index (χ0) is 22.2. The summed E-state index contributed by atoms with van der Waals surface area (Å²) >= 11 is 5.98.